The normalized spacial score (nSPS) is 10.9. The van der Waals surface area contributed by atoms with Crippen LogP contribution < -0.4 is 21.3 Å². The molecule has 4 rings (SSSR count). The van der Waals surface area contributed by atoms with Gasteiger partial charge in [0.2, 0.25) is 0 Å². The lowest BCUT2D eigenvalue weighted by atomic mass is 10.1. The van der Waals surface area contributed by atoms with Gasteiger partial charge in [0.15, 0.2) is 46.0 Å². The van der Waals surface area contributed by atoms with Crippen molar-refractivity contribution in [2.24, 2.45) is 0 Å². The molecule has 0 aliphatic heterocycles. The molecule has 0 saturated heterocycles. The second kappa shape index (κ2) is 24.1. The molecule has 0 spiro atoms. The third kappa shape index (κ3) is 13.3. The molecule has 0 saturated carbocycles. The summed E-state index contributed by atoms with van der Waals surface area (Å²) in [6, 6.07) is 7.71. The van der Waals surface area contributed by atoms with E-state index in [1.165, 1.54) is 0 Å². The smallest absolute Gasteiger partial charge is 0.339 e. The number of phenolic OH excluding ortho intramolecular Hbond substituents is 4. The molecule has 70 heavy (non-hydrogen) atoms. The van der Waals surface area contributed by atoms with Crippen molar-refractivity contribution in [1.82, 2.24) is 31.1 Å². The Morgan fingerprint density at radius 2 is 0.471 bits per heavy atom. The van der Waals surface area contributed by atoms with Crippen molar-refractivity contribution >= 4 is 47.5 Å². The van der Waals surface area contributed by atoms with Gasteiger partial charge in [-0.05, 0) is 74.5 Å². The Kier molecular flexibility index (Phi) is 18.5. The third-order valence-corrected chi connectivity index (χ3v) is 10.6. The van der Waals surface area contributed by atoms with Crippen molar-refractivity contribution in [2.45, 2.75) is 12.8 Å². The molecule has 374 valence electrons. The zero-order chi connectivity index (χ0) is 52.0. The SMILES string of the molecule is O=C(O)c1ccc(C(=O)NCCN(CCCCN(CCNC(=O)c2ccc(C(=O)O)c(O)c2O)CCNC(=O)c2ccc(C(=O)O)c(O)c2O)CCNC(=O)c2ccc(C(=O)O)c(O)c2O)c(O)c1O. The molecule has 0 radical (unpaired) electrons. The summed E-state index contributed by atoms with van der Waals surface area (Å²) in [5.41, 5.74) is -4.29. The van der Waals surface area contributed by atoms with E-state index in [0.29, 0.717) is 12.8 Å². The van der Waals surface area contributed by atoms with Gasteiger partial charge in [-0.15, -0.1) is 0 Å². The molecule has 16 N–H and O–H groups in total. The van der Waals surface area contributed by atoms with Gasteiger partial charge >= 0.3 is 23.9 Å². The van der Waals surface area contributed by atoms with Gasteiger partial charge in [-0.25, -0.2) is 19.2 Å². The molecule has 0 bridgehead atoms. The summed E-state index contributed by atoms with van der Waals surface area (Å²) in [5, 5.41) is 128. The molecule has 0 atom stereocenters. The van der Waals surface area contributed by atoms with E-state index in [9.17, 15) is 99.6 Å². The van der Waals surface area contributed by atoms with Crippen LogP contribution >= 0.6 is 0 Å². The molecular weight excluding hydrogens is 933 g/mol. The van der Waals surface area contributed by atoms with E-state index >= 15 is 0 Å². The van der Waals surface area contributed by atoms with E-state index in [1.54, 1.807) is 9.80 Å². The molecule has 0 unspecified atom stereocenters. The van der Waals surface area contributed by atoms with Gasteiger partial charge in [0, 0.05) is 52.4 Å². The number of rotatable bonds is 25. The fourth-order valence-corrected chi connectivity index (χ4v) is 6.77. The second-order valence-electron chi connectivity index (χ2n) is 15.1. The van der Waals surface area contributed by atoms with Gasteiger partial charge in [0.05, 0.1) is 22.3 Å². The van der Waals surface area contributed by atoms with Crippen molar-refractivity contribution < 1.29 is 99.6 Å². The number of aromatic carboxylic acids is 4. The first-order valence-electron chi connectivity index (χ1n) is 20.8. The predicted octanol–water partition coefficient (Wildman–Crippen LogP) is 0.528. The third-order valence-electron chi connectivity index (χ3n) is 10.6. The van der Waals surface area contributed by atoms with Crippen LogP contribution in [-0.2, 0) is 0 Å². The first-order chi connectivity index (χ1) is 33.1. The zero-order valence-electron chi connectivity index (χ0n) is 36.6. The summed E-state index contributed by atoms with van der Waals surface area (Å²) < 4.78 is 0. The number of unbranched alkanes of at least 4 members (excludes halogenated alkanes) is 1. The molecule has 0 heterocycles. The van der Waals surface area contributed by atoms with Crippen molar-refractivity contribution in [2.75, 3.05) is 65.4 Å². The van der Waals surface area contributed by atoms with Gasteiger partial charge in [-0.2, -0.15) is 0 Å². The summed E-state index contributed by atoms with van der Waals surface area (Å²) in [5.74, 6) is -17.7. The Morgan fingerprint density at radius 3 is 0.657 bits per heavy atom. The number of phenols is 8. The first kappa shape index (κ1) is 53.6. The minimum Gasteiger partial charge on any atom is -0.504 e. The highest BCUT2D eigenvalue weighted by atomic mass is 16.4. The number of carbonyl (C=O) groups is 8. The summed E-state index contributed by atoms with van der Waals surface area (Å²) in [6.07, 6.45) is 0.805. The van der Waals surface area contributed by atoms with E-state index in [-0.39, 0.29) is 65.4 Å². The molecule has 4 aromatic carbocycles. The van der Waals surface area contributed by atoms with Gasteiger partial charge in [-0.1, -0.05) is 0 Å². The van der Waals surface area contributed by atoms with Crippen molar-refractivity contribution in [3.8, 4) is 46.0 Å². The van der Waals surface area contributed by atoms with Crippen LogP contribution in [0.4, 0.5) is 0 Å². The molecule has 0 aliphatic carbocycles. The van der Waals surface area contributed by atoms with Gasteiger partial charge in [0.1, 0.15) is 22.3 Å². The highest BCUT2D eigenvalue weighted by Gasteiger charge is 2.25. The fourth-order valence-electron chi connectivity index (χ4n) is 6.77. The van der Waals surface area contributed by atoms with Gasteiger partial charge in [0.25, 0.3) is 23.6 Å². The maximum Gasteiger partial charge on any atom is 0.339 e. The standard InChI is InChI=1S/C44H48N6O20/c51-29-21(3-7-25(33(29)55)41(63)64)37(59)45-11-17-49(18-12-46-38(60)22-4-8-26(42(65)66)34(56)30(22)52)15-1-2-16-50(19-13-47-39(61)23-5-9-27(43(67)68)35(57)31(23)53)20-14-48-40(62)24-6-10-28(44(69)70)36(58)32(24)54/h3-10,51-58H,1-2,11-20H2,(H,45,59)(H,46,60)(H,47,61)(H,48,62)(H,63,64)(H,65,66)(H,67,68)(H,69,70). The van der Waals surface area contributed by atoms with Crippen LogP contribution in [0.2, 0.25) is 0 Å². The molecule has 0 fully saturated rings. The second-order valence-corrected chi connectivity index (χ2v) is 15.1. The van der Waals surface area contributed by atoms with Crippen LogP contribution in [0.15, 0.2) is 48.5 Å². The molecule has 0 aliphatic rings. The molecule has 26 nitrogen and oxygen atoms in total. The van der Waals surface area contributed by atoms with Crippen LogP contribution in [0.25, 0.3) is 0 Å². The Morgan fingerprint density at radius 1 is 0.300 bits per heavy atom. The largest absolute Gasteiger partial charge is 0.504 e. The summed E-state index contributed by atoms with van der Waals surface area (Å²) in [6.45, 7) is 0.538. The molecule has 26 heteroatoms. The number of benzene rings is 4. The maximum absolute atomic E-state index is 12.9. The summed E-state index contributed by atoms with van der Waals surface area (Å²) in [4.78, 5) is 101. The lowest BCUT2D eigenvalue weighted by molar-refractivity contribution is 0.0681. The van der Waals surface area contributed by atoms with Crippen molar-refractivity contribution in [3.63, 3.8) is 0 Å². The quantitative estimate of drug-likeness (QED) is 0.0318. The Bertz CT molecular complexity index is 2340. The highest BCUT2D eigenvalue weighted by Crippen LogP contribution is 2.35. The van der Waals surface area contributed by atoms with E-state index in [4.69, 9.17) is 0 Å². The van der Waals surface area contributed by atoms with Crippen LogP contribution in [-0.4, -0.2) is 184 Å². The molecular formula is C44H48N6O20. The van der Waals surface area contributed by atoms with Crippen LogP contribution in [0.5, 0.6) is 46.0 Å². The van der Waals surface area contributed by atoms with E-state index in [2.05, 4.69) is 21.3 Å². The van der Waals surface area contributed by atoms with Crippen LogP contribution in [0, 0.1) is 0 Å². The van der Waals surface area contributed by atoms with E-state index in [1.807, 2.05) is 0 Å². The highest BCUT2D eigenvalue weighted by molar-refractivity contribution is 6.03. The van der Waals surface area contributed by atoms with E-state index < -0.39 is 138 Å². The average Bonchev–Trinajstić information content (AvgIpc) is 3.29. The summed E-state index contributed by atoms with van der Waals surface area (Å²) in [7, 11) is 0. The number of aromatic hydroxyl groups is 8. The number of carboxylic acid groups (broad SMARTS) is 4. The van der Waals surface area contributed by atoms with Crippen molar-refractivity contribution in [1.29, 1.82) is 0 Å². The van der Waals surface area contributed by atoms with Gasteiger partial charge < -0.3 is 82.5 Å². The minimum absolute atomic E-state index is 0.0916. The maximum atomic E-state index is 12.9. The lowest BCUT2D eigenvalue weighted by Gasteiger charge is -2.25. The number of hydrogen-bond acceptors (Lipinski definition) is 18. The number of amides is 4. The lowest BCUT2D eigenvalue weighted by Crippen LogP contribution is -2.41. The topological polar surface area (TPSA) is 434 Å². The molecule has 4 aromatic rings. The fraction of sp³-hybridized carbons (Fsp3) is 0.273. The zero-order valence-corrected chi connectivity index (χ0v) is 36.6. The minimum atomic E-state index is -1.55. The van der Waals surface area contributed by atoms with Crippen LogP contribution in [0.1, 0.15) is 95.7 Å². The monoisotopic (exact) mass is 980 g/mol. The number of carboxylic acids is 4. The van der Waals surface area contributed by atoms with Gasteiger partial charge in [-0.3, -0.25) is 29.0 Å². The predicted molar refractivity (Wildman–Crippen MR) is 238 cm³/mol. The van der Waals surface area contributed by atoms with Crippen LogP contribution in [0.3, 0.4) is 0 Å². The Labute approximate surface area is 394 Å². The molecule has 4 amide bonds. The Hall–Kier alpha value is -9.04. The molecule has 0 aromatic heterocycles. The number of hydrogen-bond donors (Lipinski definition) is 16. The van der Waals surface area contributed by atoms with E-state index in [0.717, 1.165) is 48.5 Å². The first-order valence-corrected chi connectivity index (χ1v) is 20.8. The number of nitrogens with zero attached hydrogens (tertiary/aromatic N) is 2. The van der Waals surface area contributed by atoms with Crippen molar-refractivity contribution in [3.05, 3.63) is 93.0 Å². The number of carbonyl (C=O) groups excluding carboxylic acids is 4. The Balaban J connectivity index is 1.45. The summed E-state index contributed by atoms with van der Waals surface area (Å²) >= 11 is 0. The number of nitrogens with one attached hydrogen (secondary N) is 4. The average molecular weight is 981 g/mol.